The fraction of sp³-hybridized carbons (Fsp3) is 0.885. The van der Waals surface area contributed by atoms with Gasteiger partial charge in [0.1, 0.15) is 13.2 Å². The van der Waals surface area contributed by atoms with Gasteiger partial charge in [-0.25, -0.2) is 0 Å². The van der Waals surface area contributed by atoms with Gasteiger partial charge in [-0.05, 0) is 70.6 Å². The average Bonchev–Trinajstić information content (AvgIpc) is 3.33. The second-order valence-corrected chi connectivity index (χ2v) is 20.3. The van der Waals surface area contributed by atoms with Crippen molar-refractivity contribution in [3.8, 4) is 0 Å². The van der Waals surface area contributed by atoms with E-state index in [0.29, 0.717) is 19.3 Å². The molecular formula is C61H114O6. The Kier molecular flexibility index (Phi) is 54.7. The number of allylic oxidation sites excluding steroid dienone is 4. The molecule has 0 aliphatic carbocycles. The number of ether oxygens (including phenoxy) is 3. The SMILES string of the molecule is CCCCCC/C=C\CCCCCCCC(=O)OC[C@@H](COC(=O)CCCCCCCCC/C=C\CCCCCCCC)OC(=O)CCCCCCCCCCCCCCCCCCCCC. The van der Waals surface area contributed by atoms with Gasteiger partial charge in [0.15, 0.2) is 6.10 Å². The molecule has 0 amide bonds. The van der Waals surface area contributed by atoms with Crippen molar-refractivity contribution >= 4 is 17.9 Å². The van der Waals surface area contributed by atoms with E-state index in [1.807, 2.05) is 0 Å². The Labute approximate surface area is 417 Å². The molecule has 6 nitrogen and oxygen atoms in total. The third kappa shape index (κ3) is 54.7. The second-order valence-electron chi connectivity index (χ2n) is 20.3. The topological polar surface area (TPSA) is 78.9 Å². The van der Waals surface area contributed by atoms with Gasteiger partial charge in [-0.15, -0.1) is 0 Å². The van der Waals surface area contributed by atoms with Gasteiger partial charge in [-0.2, -0.15) is 0 Å². The first-order valence-electron chi connectivity index (χ1n) is 29.8. The molecule has 0 heterocycles. The van der Waals surface area contributed by atoms with Crippen LogP contribution < -0.4 is 0 Å². The molecule has 394 valence electrons. The van der Waals surface area contributed by atoms with E-state index in [2.05, 4.69) is 45.1 Å². The second kappa shape index (κ2) is 56.5. The zero-order valence-corrected chi connectivity index (χ0v) is 45.2. The van der Waals surface area contributed by atoms with Crippen LogP contribution >= 0.6 is 0 Å². The molecule has 0 saturated heterocycles. The van der Waals surface area contributed by atoms with Gasteiger partial charge in [0, 0.05) is 19.3 Å². The van der Waals surface area contributed by atoms with Crippen molar-refractivity contribution in [2.24, 2.45) is 0 Å². The van der Waals surface area contributed by atoms with Crippen molar-refractivity contribution in [3.05, 3.63) is 24.3 Å². The average molecular weight is 944 g/mol. The third-order valence-corrected chi connectivity index (χ3v) is 13.4. The highest BCUT2D eigenvalue weighted by atomic mass is 16.6. The number of hydrogen-bond donors (Lipinski definition) is 0. The molecule has 0 rings (SSSR count). The normalized spacial score (nSPS) is 12.1. The summed E-state index contributed by atoms with van der Waals surface area (Å²) >= 11 is 0. The lowest BCUT2D eigenvalue weighted by Gasteiger charge is -2.18. The van der Waals surface area contributed by atoms with E-state index in [0.717, 1.165) is 64.2 Å². The summed E-state index contributed by atoms with van der Waals surface area (Å²) in [4.78, 5) is 38.2. The van der Waals surface area contributed by atoms with Gasteiger partial charge in [0.2, 0.25) is 0 Å². The first-order valence-corrected chi connectivity index (χ1v) is 29.8. The highest BCUT2D eigenvalue weighted by Crippen LogP contribution is 2.17. The Hall–Kier alpha value is -2.11. The zero-order chi connectivity index (χ0) is 48.6. The molecular weight excluding hydrogens is 829 g/mol. The summed E-state index contributed by atoms with van der Waals surface area (Å²) in [6, 6.07) is 0. The number of carbonyl (C=O) groups excluding carboxylic acids is 3. The van der Waals surface area contributed by atoms with Crippen LogP contribution in [0.4, 0.5) is 0 Å². The fourth-order valence-electron chi connectivity index (χ4n) is 8.91. The lowest BCUT2D eigenvalue weighted by Crippen LogP contribution is -2.30. The Morgan fingerprint density at radius 2 is 0.493 bits per heavy atom. The quantitative estimate of drug-likeness (QED) is 0.0262. The van der Waals surface area contributed by atoms with Crippen molar-refractivity contribution in [2.75, 3.05) is 13.2 Å². The van der Waals surface area contributed by atoms with Crippen LogP contribution in [0.3, 0.4) is 0 Å². The Bertz CT molecular complexity index is 1080. The first kappa shape index (κ1) is 64.9. The molecule has 0 N–H and O–H groups in total. The van der Waals surface area contributed by atoms with Crippen LogP contribution in [0.1, 0.15) is 329 Å². The van der Waals surface area contributed by atoms with Crippen LogP contribution in [-0.4, -0.2) is 37.2 Å². The lowest BCUT2D eigenvalue weighted by atomic mass is 10.0. The largest absolute Gasteiger partial charge is 0.462 e. The molecule has 0 aromatic rings. The van der Waals surface area contributed by atoms with Crippen LogP contribution in [0, 0.1) is 0 Å². The number of esters is 3. The van der Waals surface area contributed by atoms with E-state index in [1.54, 1.807) is 0 Å². The summed E-state index contributed by atoms with van der Waals surface area (Å²) < 4.78 is 16.9. The van der Waals surface area contributed by atoms with Crippen molar-refractivity contribution in [1.29, 1.82) is 0 Å². The van der Waals surface area contributed by atoms with E-state index >= 15 is 0 Å². The first-order chi connectivity index (χ1) is 33.0. The van der Waals surface area contributed by atoms with Gasteiger partial charge in [0.05, 0.1) is 0 Å². The van der Waals surface area contributed by atoms with Gasteiger partial charge in [0.25, 0.3) is 0 Å². The standard InChI is InChI=1S/C61H114O6/c1-4-7-10-13-16-19-22-25-27-29-30-32-34-37-40-43-46-49-52-55-61(64)67-58(56-65-59(62)53-50-47-44-41-38-35-24-21-18-15-12-9-6-3)57-66-60(63)54-51-48-45-42-39-36-33-31-28-26-23-20-17-14-11-8-5-2/h21,24,26,28,58H,4-20,22-23,25,27,29-57H2,1-3H3/b24-21-,28-26-/t58-/m0/s1. The molecule has 0 spiro atoms. The van der Waals surface area contributed by atoms with Gasteiger partial charge < -0.3 is 14.2 Å². The van der Waals surface area contributed by atoms with Crippen LogP contribution in [-0.2, 0) is 28.6 Å². The van der Waals surface area contributed by atoms with E-state index in [9.17, 15) is 14.4 Å². The molecule has 0 aliphatic rings. The highest BCUT2D eigenvalue weighted by Gasteiger charge is 2.19. The number of hydrogen-bond acceptors (Lipinski definition) is 6. The predicted molar refractivity (Wildman–Crippen MR) is 289 cm³/mol. The fourth-order valence-corrected chi connectivity index (χ4v) is 8.91. The molecule has 0 radical (unpaired) electrons. The molecule has 67 heavy (non-hydrogen) atoms. The molecule has 0 fully saturated rings. The zero-order valence-electron chi connectivity index (χ0n) is 45.2. The van der Waals surface area contributed by atoms with Gasteiger partial charge >= 0.3 is 17.9 Å². The number of unbranched alkanes of at least 4 members (excludes halogenated alkanes) is 40. The number of carbonyl (C=O) groups is 3. The minimum absolute atomic E-state index is 0.0718. The molecule has 0 saturated carbocycles. The van der Waals surface area contributed by atoms with Crippen LogP contribution in [0.5, 0.6) is 0 Å². The molecule has 0 unspecified atom stereocenters. The van der Waals surface area contributed by atoms with Crippen molar-refractivity contribution < 1.29 is 28.6 Å². The maximum atomic E-state index is 12.9. The van der Waals surface area contributed by atoms with E-state index in [1.165, 1.54) is 225 Å². The summed E-state index contributed by atoms with van der Waals surface area (Å²) in [5.41, 5.74) is 0. The van der Waals surface area contributed by atoms with Crippen molar-refractivity contribution in [2.45, 2.75) is 335 Å². The molecule has 0 bridgehead atoms. The Morgan fingerprint density at radius 3 is 0.761 bits per heavy atom. The smallest absolute Gasteiger partial charge is 0.306 e. The molecule has 6 heteroatoms. The van der Waals surface area contributed by atoms with Crippen LogP contribution in [0.15, 0.2) is 24.3 Å². The van der Waals surface area contributed by atoms with Gasteiger partial charge in [-0.3, -0.25) is 14.4 Å². The molecule has 0 aliphatic heterocycles. The van der Waals surface area contributed by atoms with E-state index in [-0.39, 0.29) is 31.1 Å². The monoisotopic (exact) mass is 943 g/mol. The maximum Gasteiger partial charge on any atom is 0.306 e. The maximum absolute atomic E-state index is 12.9. The highest BCUT2D eigenvalue weighted by molar-refractivity contribution is 5.71. The van der Waals surface area contributed by atoms with Crippen molar-refractivity contribution in [3.63, 3.8) is 0 Å². The minimum atomic E-state index is -0.772. The Balaban J connectivity index is 4.31. The van der Waals surface area contributed by atoms with E-state index in [4.69, 9.17) is 14.2 Å². The van der Waals surface area contributed by atoms with Crippen LogP contribution in [0.25, 0.3) is 0 Å². The summed E-state index contributed by atoms with van der Waals surface area (Å²) in [5.74, 6) is -0.863. The van der Waals surface area contributed by atoms with Gasteiger partial charge in [-0.1, -0.05) is 263 Å². The predicted octanol–water partition coefficient (Wildman–Crippen LogP) is 19.9. The van der Waals surface area contributed by atoms with Crippen LogP contribution in [0.2, 0.25) is 0 Å². The third-order valence-electron chi connectivity index (χ3n) is 13.4. The molecule has 0 aromatic heterocycles. The molecule has 1 atom stereocenters. The Morgan fingerprint density at radius 1 is 0.284 bits per heavy atom. The minimum Gasteiger partial charge on any atom is -0.462 e. The summed E-state index contributed by atoms with van der Waals surface area (Å²) in [6.45, 7) is 6.66. The summed E-state index contributed by atoms with van der Waals surface area (Å²) in [7, 11) is 0. The van der Waals surface area contributed by atoms with E-state index < -0.39 is 6.10 Å². The lowest BCUT2D eigenvalue weighted by molar-refractivity contribution is -0.167. The summed E-state index contributed by atoms with van der Waals surface area (Å²) in [6.07, 6.45) is 66.0. The van der Waals surface area contributed by atoms with Crippen molar-refractivity contribution in [1.82, 2.24) is 0 Å². The summed E-state index contributed by atoms with van der Waals surface area (Å²) in [5, 5.41) is 0. The molecule has 0 aromatic carbocycles. The number of rotatable bonds is 55.